The molecule has 3 nitrogen and oxygen atoms in total. The number of ether oxygens (including phenoxy) is 1. The number of carbonyl (C=O) groups excluding carboxylic acids is 1. The maximum atomic E-state index is 12.9. The summed E-state index contributed by atoms with van der Waals surface area (Å²) in [6.07, 6.45) is 3.19. The normalized spacial score (nSPS) is 15.6. The van der Waals surface area contributed by atoms with Crippen LogP contribution in [0.3, 0.4) is 0 Å². The smallest absolute Gasteiger partial charge is 0.251 e. The second kappa shape index (κ2) is 6.41. The topological polar surface area (TPSA) is 38.3 Å². The molecular weight excluding hydrogens is 293 g/mol. The van der Waals surface area contributed by atoms with Gasteiger partial charge in [-0.15, -0.1) is 0 Å². The molecule has 1 fully saturated rings. The Labute approximate surface area is 135 Å². The Kier molecular flexibility index (Phi) is 4.33. The third kappa shape index (κ3) is 3.07. The van der Waals surface area contributed by atoms with E-state index in [4.69, 9.17) is 4.74 Å². The average molecular weight is 313 g/mol. The largest absolute Gasteiger partial charge is 0.496 e. The molecule has 1 amide bonds. The molecule has 4 heteroatoms. The quantitative estimate of drug-likeness (QED) is 0.914. The molecule has 0 unspecified atom stereocenters. The first-order valence-corrected chi connectivity index (χ1v) is 7.82. The maximum absolute atomic E-state index is 12.9. The Hall–Kier alpha value is -2.36. The lowest BCUT2D eigenvalue weighted by Crippen LogP contribution is -2.45. The summed E-state index contributed by atoms with van der Waals surface area (Å²) in [5.74, 6) is 0.348. The minimum absolute atomic E-state index is 0.0672. The molecule has 0 heterocycles. The molecule has 0 bridgehead atoms. The van der Waals surface area contributed by atoms with Crippen LogP contribution in [0.5, 0.6) is 5.75 Å². The van der Waals surface area contributed by atoms with Crippen LogP contribution >= 0.6 is 0 Å². The molecule has 0 saturated heterocycles. The van der Waals surface area contributed by atoms with Crippen molar-refractivity contribution in [1.29, 1.82) is 0 Å². The van der Waals surface area contributed by atoms with Crippen LogP contribution in [-0.4, -0.2) is 19.6 Å². The van der Waals surface area contributed by atoms with Gasteiger partial charge in [0, 0.05) is 23.1 Å². The van der Waals surface area contributed by atoms with Gasteiger partial charge in [0.2, 0.25) is 0 Å². The van der Waals surface area contributed by atoms with Crippen LogP contribution in [-0.2, 0) is 5.41 Å². The molecule has 23 heavy (non-hydrogen) atoms. The molecule has 0 atom stereocenters. The number of methoxy groups -OCH3 is 1. The van der Waals surface area contributed by atoms with E-state index in [2.05, 4.69) is 11.4 Å². The van der Waals surface area contributed by atoms with Crippen LogP contribution in [0.4, 0.5) is 4.39 Å². The number of hydrogen-bond donors (Lipinski definition) is 1. The van der Waals surface area contributed by atoms with Gasteiger partial charge in [-0.25, -0.2) is 4.39 Å². The van der Waals surface area contributed by atoms with Crippen molar-refractivity contribution in [2.45, 2.75) is 24.7 Å². The van der Waals surface area contributed by atoms with Crippen molar-refractivity contribution in [3.8, 4) is 5.75 Å². The molecule has 3 rings (SSSR count). The van der Waals surface area contributed by atoms with E-state index < -0.39 is 0 Å². The number of nitrogens with one attached hydrogen (secondary N) is 1. The van der Waals surface area contributed by atoms with E-state index in [1.165, 1.54) is 24.3 Å². The minimum atomic E-state index is -0.342. The van der Waals surface area contributed by atoms with Crippen molar-refractivity contribution in [2.24, 2.45) is 0 Å². The van der Waals surface area contributed by atoms with Crippen molar-refractivity contribution in [2.75, 3.05) is 13.7 Å². The van der Waals surface area contributed by atoms with E-state index in [0.717, 1.165) is 30.6 Å². The third-order valence-corrected chi connectivity index (χ3v) is 4.68. The minimum Gasteiger partial charge on any atom is -0.496 e. The highest BCUT2D eigenvalue weighted by atomic mass is 19.1. The predicted molar refractivity (Wildman–Crippen MR) is 87.3 cm³/mol. The number of carbonyl (C=O) groups is 1. The van der Waals surface area contributed by atoms with Gasteiger partial charge in [-0.05, 0) is 43.2 Å². The number of halogens is 1. The van der Waals surface area contributed by atoms with Crippen molar-refractivity contribution >= 4 is 5.91 Å². The van der Waals surface area contributed by atoms with Gasteiger partial charge in [0.05, 0.1) is 7.11 Å². The summed E-state index contributed by atoms with van der Waals surface area (Å²) in [6.45, 7) is 0.559. The molecule has 0 spiro atoms. The molecule has 2 aromatic carbocycles. The van der Waals surface area contributed by atoms with E-state index in [-0.39, 0.29) is 17.1 Å². The van der Waals surface area contributed by atoms with Gasteiger partial charge in [0.25, 0.3) is 5.91 Å². The second-order valence-electron chi connectivity index (χ2n) is 6.02. The van der Waals surface area contributed by atoms with E-state index in [1.807, 2.05) is 18.2 Å². The van der Waals surface area contributed by atoms with E-state index in [1.54, 1.807) is 7.11 Å². The molecule has 0 aliphatic heterocycles. The van der Waals surface area contributed by atoms with Gasteiger partial charge < -0.3 is 10.1 Å². The maximum Gasteiger partial charge on any atom is 0.251 e. The first kappa shape index (κ1) is 15.5. The van der Waals surface area contributed by atoms with E-state index >= 15 is 0 Å². The SMILES string of the molecule is COc1ccccc1C1(CNC(=O)c2ccc(F)cc2)CCC1. The second-order valence-corrected chi connectivity index (χ2v) is 6.02. The summed E-state index contributed by atoms with van der Waals surface area (Å²) in [6, 6.07) is 13.6. The fourth-order valence-electron chi connectivity index (χ4n) is 3.18. The van der Waals surface area contributed by atoms with Gasteiger partial charge in [-0.1, -0.05) is 24.6 Å². The molecular formula is C19H20FNO2. The first-order valence-electron chi connectivity index (χ1n) is 7.82. The number of rotatable bonds is 5. The molecule has 1 N–H and O–H groups in total. The Morgan fingerprint density at radius 1 is 1.17 bits per heavy atom. The highest BCUT2D eigenvalue weighted by Gasteiger charge is 2.40. The van der Waals surface area contributed by atoms with Crippen LogP contribution in [0.15, 0.2) is 48.5 Å². The summed E-state index contributed by atoms with van der Waals surface area (Å²) in [5.41, 5.74) is 1.55. The predicted octanol–water partition coefficient (Wildman–Crippen LogP) is 3.69. The van der Waals surface area contributed by atoms with Gasteiger partial charge in [0.1, 0.15) is 11.6 Å². The third-order valence-electron chi connectivity index (χ3n) is 4.68. The zero-order valence-electron chi connectivity index (χ0n) is 13.1. The summed E-state index contributed by atoms with van der Waals surface area (Å²) in [7, 11) is 1.67. The molecule has 0 aromatic heterocycles. The van der Waals surface area contributed by atoms with Gasteiger partial charge >= 0.3 is 0 Å². The Morgan fingerprint density at radius 3 is 2.48 bits per heavy atom. The molecule has 1 aliphatic carbocycles. The fraction of sp³-hybridized carbons (Fsp3) is 0.316. The van der Waals surface area contributed by atoms with Gasteiger partial charge in [0.15, 0.2) is 0 Å². The number of para-hydroxylation sites is 1. The van der Waals surface area contributed by atoms with Crippen LogP contribution in [0.1, 0.15) is 35.2 Å². The lowest BCUT2D eigenvalue weighted by Gasteiger charge is -2.43. The zero-order valence-corrected chi connectivity index (χ0v) is 13.1. The Balaban J connectivity index is 1.75. The number of benzene rings is 2. The Morgan fingerprint density at radius 2 is 1.87 bits per heavy atom. The standard InChI is InChI=1S/C19H20FNO2/c1-23-17-6-3-2-5-16(17)19(11-4-12-19)13-21-18(22)14-7-9-15(20)10-8-14/h2-3,5-10H,4,11-13H2,1H3,(H,21,22). The lowest BCUT2D eigenvalue weighted by molar-refractivity contribution is 0.0927. The summed E-state index contributed by atoms with van der Waals surface area (Å²) in [4.78, 5) is 12.3. The lowest BCUT2D eigenvalue weighted by atomic mass is 9.64. The van der Waals surface area contributed by atoms with Crippen molar-refractivity contribution in [3.05, 3.63) is 65.5 Å². The van der Waals surface area contributed by atoms with Crippen molar-refractivity contribution < 1.29 is 13.9 Å². The monoisotopic (exact) mass is 313 g/mol. The van der Waals surface area contributed by atoms with Crippen LogP contribution in [0.2, 0.25) is 0 Å². The average Bonchev–Trinajstić information content (AvgIpc) is 2.54. The van der Waals surface area contributed by atoms with Crippen molar-refractivity contribution in [3.63, 3.8) is 0 Å². The van der Waals surface area contributed by atoms with Crippen LogP contribution < -0.4 is 10.1 Å². The first-order chi connectivity index (χ1) is 11.1. The highest BCUT2D eigenvalue weighted by Crippen LogP contribution is 2.46. The zero-order chi connectivity index (χ0) is 16.3. The van der Waals surface area contributed by atoms with Crippen molar-refractivity contribution in [1.82, 2.24) is 5.32 Å². The molecule has 120 valence electrons. The summed E-state index contributed by atoms with van der Waals surface area (Å²) >= 11 is 0. The molecule has 2 aromatic rings. The molecule has 1 saturated carbocycles. The summed E-state index contributed by atoms with van der Waals surface area (Å²) in [5, 5.41) is 2.99. The summed E-state index contributed by atoms with van der Waals surface area (Å²) < 4.78 is 18.4. The van der Waals surface area contributed by atoms with E-state index in [9.17, 15) is 9.18 Å². The number of amides is 1. The van der Waals surface area contributed by atoms with E-state index in [0.29, 0.717) is 12.1 Å². The van der Waals surface area contributed by atoms with Gasteiger partial charge in [-0.3, -0.25) is 4.79 Å². The fourth-order valence-corrected chi connectivity index (χ4v) is 3.18. The van der Waals surface area contributed by atoms with Gasteiger partial charge in [-0.2, -0.15) is 0 Å². The highest BCUT2D eigenvalue weighted by molar-refractivity contribution is 5.94. The van der Waals surface area contributed by atoms with Crippen LogP contribution in [0.25, 0.3) is 0 Å². The number of hydrogen-bond acceptors (Lipinski definition) is 2. The Bertz CT molecular complexity index is 693. The van der Waals surface area contributed by atoms with Crippen LogP contribution in [0, 0.1) is 5.82 Å². The molecule has 1 aliphatic rings. The molecule has 0 radical (unpaired) electrons.